The van der Waals surface area contributed by atoms with Gasteiger partial charge in [-0.1, -0.05) is 19.8 Å². The molecule has 218 valence electrons. The van der Waals surface area contributed by atoms with E-state index in [1.807, 2.05) is 0 Å². The van der Waals surface area contributed by atoms with Crippen LogP contribution in [0, 0.1) is 41.4 Å². The fourth-order valence-corrected chi connectivity index (χ4v) is 7.79. The lowest BCUT2D eigenvalue weighted by Crippen LogP contribution is -2.48. The molecule has 5 unspecified atom stereocenters. The topological polar surface area (TPSA) is 104 Å². The molecule has 0 aromatic heterocycles. The molecule has 0 heterocycles. The number of hydrogen-bond donors (Lipinski definition) is 0. The van der Waals surface area contributed by atoms with Gasteiger partial charge in [0.15, 0.2) is 0 Å². The van der Waals surface area contributed by atoms with E-state index >= 15 is 4.39 Å². The molecule has 0 aliphatic heterocycles. The summed E-state index contributed by atoms with van der Waals surface area (Å²) in [5, 5.41) is 0. The first-order valence-electron chi connectivity index (χ1n) is 13.3. The molecule has 4 aliphatic carbocycles. The van der Waals surface area contributed by atoms with Crippen molar-refractivity contribution in [3.63, 3.8) is 0 Å². The van der Waals surface area contributed by atoms with Crippen molar-refractivity contribution in [2.45, 2.75) is 121 Å². The van der Waals surface area contributed by atoms with Crippen LogP contribution in [0.25, 0.3) is 0 Å². The van der Waals surface area contributed by atoms with Crippen molar-refractivity contribution in [1.29, 1.82) is 0 Å². The van der Waals surface area contributed by atoms with E-state index in [2.05, 4.69) is 11.7 Å². The van der Waals surface area contributed by atoms with Crippen molar-refractivity contribution in [2.75, 3.05) is 0 Å². The molecule has 4 fully saturated rings. The summed E-state index contributed by atoms with van der Waals surface area (Å²) < 4.78 is 84.9. The molecule has 0 spiro atoms. The number of alkyl halides is 6. The predicted molar refractivity (Wildman–Crippen MR) is 129 cm³/mol. The Morgan fingerprint density at radius 2 is 0.944 bits per heavy atom. The minimum atomic E-state index is -5.07. The zero-order valence-electron chi connectivity index (χ0n) is 21.2. The van der Waals surface area contributed by atoms with Crippen molar-refractivity contribution < 1.29 is 48.9 Å². The molecular formula is C26H48F6O4. The molecule has 0 saturated heterocycles. The molecule has 4 aliphatic rings. The SMILES string of the molecule is CC1CCC(C2CCC(C3CCC(C4CC(F)C(OC(F)(F)F)C(F)C4)C(F)C3)CC2)CC1.O.O.O.[HH]. The smallest absolute Gasteiger partial charge is 0.412 e. The lowest BCUT2D eigenvalue weighted by molar-refractivity contribution is -0.358. The predicted octanol–water partition coefficient (Wildman–Crippen LogP) is 6.14. The summed E-state index contributed by atoms with van der Waals surface area (Å²) in [4.78, 5) is 0. The van der Waals surface area contributed by atoms with Crippen LogP contribution in [-0.4, -0.2) is 47.4 Å². The van der Waals surface area contributed by atoms with Gasteiger partial charge in [-0.3, -0.25) is 4.74 Å². The van der Waals surface area contributed by atoms with Crippen LogP contribution < -0.4 is 0 Å². The number of ether oxygens (including phenoxy) is 1. The van der Waals surface area contributed by atoms with Gasteiger partial charge in [0, 0.05) is 1.43 Å². The van der Waals surface area contributed by atoms with Gasteiger partial charge < -0.3 is 16.4 Å². The zero-order chi connectivity index (χ0) is 23.8. The fourth-order valence-electron chi connectivity index (χ4n) is 7.79. The second-order valence-corrected chi connectivity index (χ2v) is 11.7. The normalized spacial score (nSPS) is 43.9. The van der Waals surface area contributed by atoms with Gasteiger partial charge in [-0.05, 0) is 112 Å². The molecule has 0 amide bonds. The molecule has 10 heteroatoms. The maximum absolute atomic E-state index is 15.2. The second-order valence-electron chi connectivity index (χ2n) is 11.7. The highest BCUT2D eigenvalue weighted by Gasteiger charge is 2.49. The lowest BCUT2D eigenvalue weighted by Gasteiger charge is -2.45. The van der Waals surface area contributed by atoms with Crippen molar-refractivity contribution in [3.8, 4) is 0 Å². The van der Waals surface area contributed by atoms with Crippen molar-refractivity contribution >= 4 is 0 Å². The Balaban J connectivity index is 0.00000324. The third kappa shape index (κ3) is 8.21. The molecule has 36 heavy (non-hydrogen) atoms. The van der Waals surface area contributed by atoms with Crippen molar-refractivity contribution in [3.05, 3.63) is 0 Å². The van der Waals surface area contributed by atoms with E-state index in [0.717, 1.165) is 37.0 Å². The molecule has 4 saturated carbocycles. The number of rotatable bonds is 4. The Morgan fingerprint density at radius 3 is 1.39 bits per heavy atom. The van der Waals surface area contributed by atoms with Gasteiger partial charge in [0.05, 0.1) is 0 Å². The summed E-state index contributed by atoms with van der Waals surface area (Å²) in [6, 6.07) is 0. The van der Waals surface area contributed by atoms with Crippen molar-refractivity contribution in [1.82, 2.24) is 0 Å². The molecule has 0 aromatic rings. The van der Waals surface area contributed by atoms with Crippen LogP contribution in [0.2, 0.25) is 0 Å². The minimum Gasteiger partial charge on any atom is -0.412 e. The minimum absolute atomic E-state index is 0. The van der Waals surface area contributed by atoms with E-state index in [1.54, 1.807) is 0 Å². The highest BCUT2D eigenvalue weighted by Crippen LogP contribution is 2.49. The monoisotopic (exact) mass is 538 g/mol. The first-order valence-corrected chi connectivity index (χ1v) is 13.3. The zero-order valence-corrected chi connectivity index (χ0v) is 21.2. The highest BCUT2D eigenvalue weighted by molar-refractivity contribution is 4.95. The van der Waals surface area contributed by atoms with Gasteiger partial charge in [-0.15, -0.1) is 13.2 Å². The Kier molecular flexibility index (Phi) is 13.0. The van der Waals surface area contributed by atoms with Crippen LogP contribution in [0.1, 0.15) is 91.8 Å². The molecule has 0 radical (unpaired) electrons. The van der Waals surface area contributed by atoms with E-state index < -0.39 is 42.8 Å². The summed E-state index contributed by atoms with van der Waals surface area (Å²) in [5.41, 5.74) is 0. The first kappa shape index (κ1) is 33.4. The number of halogens is 6. The summed E-state index contributed by atoms with van der Waals surface area (Å²) in [7, 11) is 0. The van der Waals surface area contributed by atoms with Gasteiger partial charge in [-0.2, -0.15) is 0 Å². The molecule has 5 atom stereocenters. The van der Waals surface area contributed by atoms with Crippen LogP contribution in [-0.2, 0) is 4.74 Å². The van der Waals surface area contributed by atoms with E-state index in [9.17, 15) is 22.0 Å². The third-order valence-corrected chi connectivity index (χ3v) is 9.72. The fraction of sp³-hybridized carbons (Fsp3) is 1.00. The van der Waals surface area contributed by atoms with Gasteiger partial charge >= 0.3 is 6.36 Å². The number of hydrogen-bond acceptors (Lipinski definition) is 1. The maximum atomic E-state index is 15.2. The molecule has 0 aromatic carbocycles. The average molecular weight is 539 g/mol. The van der Waals surface area contributed by atoms with Gasteiger partial charge in [-0.25, -0.2) is 13.2 Å². The largest absolute Gasteiger partial charge is 0.522 e. The van der Waals surface area contributed by atoms with Gasteiger partial charge in [0.2, 0.25) is 0 Å². The van der Waals surface area contributed by atoms with E-state index in [-0.39, 0.29) is 30.7 Å². The quantitative estimate of drug-likeness (QED) is 0.394. The maximum Gasteiger partial charge on any atom is 0.522 e. The van der Waals surface area contributed by atoms with Crippen LogP contribution in [0.4, 0.5) is 26.3 Å². The summed E-state index contributed by atoms with van der Waals surface area (Å²) in [6.45, 7) is 2.35. The Bertz CT molecular complexity index is 617. The van der Waals surface area contributed by atoms with Crippen LogP contribution in [0.15, 0.2) is 0 Å². The molecule has 4 nitrogen and oxygen atoms in total. The van der Waals surface area contributed by atoms with Crippen LogP contribution in [0.3, 0.4) is 0 Å². The van der Waals surface area contributed by atoms with Crippen molar-refractivity contribution in [2.24, 2.45) is 41.4 Å². The molecule has 6 N–H and O–H groups in total. The summed E-state index contributed by atoms with van der Waals surface area (Å²) in [5.74, 6) is 2.42. The second kappa shape index (κ2) is 14.0. The summed E-state index contributed by atoms with van der Waals surface area (Å²) in [6.07, 6.45) is -0.789. The van der Waals surface area contributed by atoms with Gasteiger partial charge in [0.25, 0.3) is 0 Å². The molecule has 4 rings (SSSR count). The average Bonchev–Trinajstić information content (AvgIpc) is 2.76. The van der Waals surface area contributed by atoms with E-state index in [1.165, 1.54) is 38.5 Å². The molecular weight excluding hydrogens is 490 g/mol. The molecule has 0 bridgehead atoms. The van der Waals surface area contributed by atoms with Crippen LogP contribution >= 0.6 is 0 Å². The van der Waals surface area contributed by atoms with E-state index in [4.69, 9.17) is 0 Å². The Morgan fingerprint density at radius 1 is 0.556 bits per heavy atom. The van der Waals surface area contributed by atoms with Crippen LogP contribution in [0.5, 0.6) is 0 Å². The summed E-state index contributed by atoms with van der Waals surface area (Å²) >= 11 is 0. The Hall–Kier alpha value is -0.580. The van der Waals surface area contributed by atoms with E-state index in [0.29, 0.717) is 24.7 Å². The first-order chi connectivity index (χ1) is 15.6. The highest BCUT2D eigenvalue weighted by atomic mass is 19.4. The Labute approximate surface area is 212 Å². The lowest BCUT2D eigenvalue weighted by atomic mass is 9.63. The van der Waals surface area contributed by atoms with Gasteiger partial charge in [0.1, 0.15) is 24.6 Å². The standard InChI is InChI=1S/C26H40F6O.3H2O.H2/c1-15-2-4-16(5-3-15)17-6-8-18(9-7-17)19-10-11-21(22(27)12-19)20-13-23(28)25(24(29)14-20)33-26(30,31)32;;;;/h15-25H,2-14H2,1H3;3*1H2;1H. The third-order valence-electron chi connectivity index (χ3n) is 9.72.